The van der Waals surface area contributed by atoms with Crippen molar-refractivity contribution >= 4 is 21.9 Å². The summed E-state index contributed by atoms with van der Waals surface area (Å²) in [6.07, 6.45) is 3.73. The van der Waals surface area contributed by atoms with Gasteiger partial charge in [0.15, 0.2) is 6.61 Å². The summed E-state index contributed by atoms with van der Waals surface area (Å²) in [7, 11) is -3.67. The molecular weight excluding hydrogens is 416 g/mol. The lowest BCUT2D eigenvalue weighted by Gasteiger charge is -2.28. The first-order chi connectivity index (χ1) is 14.9. The molecule has 8 heteroatoms. The van der Waals surface area contributed by atoms with Crippen molar-refractivity contribution in [2.24, 2.45) is 0 Å². The Hall–Kier alpha value is -2.71. The lowest BCUT2D eigenvalue weighted by atomic mass is 10.0. The zero-order valence-electron chi connectivity index (χ0n) is 17.3. The van der Waals surface area contributed by atoms with Crippen LogP contribution in [0.4, 0.5) is 0 Å². The molecule has 7 nitrogen and oxygen atoms in total. The van der Waals surface area contributed by atoms with E-state index in [1.54, 1.807) is 4.90 Å². The Morgan fingerprint density at radius 3 is 2.26 bits per heavy atom. The standard InChI is InChI=1S/C23H26N2O5S/c26-22(24-13-4-1-5-14-24)17-30-23(27)19-8-10-21(11-9-19)31(28,29)25-15-12-18-6-2-3-7-20(18)16-25/h2-3,6-11H,1,4-5,12-17H2. The van der Waals surface area contributed by atoms with Crippen molar-refractivity contribution in [3.63, 3.8) is 0 Å². The third kappa shape index (κ3) is 4.80. The predicted molar refractivity (Wildman–Crippen MR) is 115 cm³/mol. The summed E-state index contributed by atoms with van der Waals surface area (Å²) in [6.45, 7) is 1.85. The van der Waals surface area contributed by atoms with Crippen LogP contribution in [0.5, 0.6) is 0 Å². The highest BCUT2D eigenvalue weighted by Crippen LogP contribution is 2.25. The highest BCUT2D eigenvalue weighted by molar-refractivity contribution is 7.89. The molecule has 2 aliphatic heterocycles. The topological polar surface area (TPSA) is 84.0 Å². The molecule has 0 bridgehead atoms. The van der Waals surface area contributed by atoms with Gasteiger partial charge in [-0.05, 0) is 61.1 Å². The molecule has 0 saturated carbocycles. The van der Waals surface area contributed by atoms with E-state index in [1.807, 2.05) is 24.3 Å². The number of hydrogen-bond donors (Lipinski definition) is 0. The molecule has 0 N–H and O–H groups in total. The van der Waals surface area contributed by atoms with Crippen molar-refractivity contribution in [2.45, 2.75) is 37.1 Å². The van der Waals surface area contributed by atoms with Crippen molar-refractivity contribution in [3.8, 4) is 0 Å². The maximum Gasteiger partial charge on any atom is 0.338 e. The number of benzene rings is 2. The molecule has 31 heavy (non-hydrogen) atoms. The molecule has 0 aromatic heterocycles. The van der Waals surface area contributed by atoms with E-state index in [0.717, 1.165) is 24.8 Å². The monoisotopic (exact) mass is 442 g/mol. The van der Waals surface area contributed by atoms with Crippen LogP contribution in [-0.2, 0) is 32.5 Å². The number of sulfonamides is 1. The molecule has 2 aliphatic rings. The first-order valence-electron chi connectivity index (χ1n) is 10.6. The van der Waals surface area contributed by atoms with E-state index in [1.165, 1.54) is 34.1 Å². The zero-order chi connectivity index (χ0) is 21.8. The van der Waals surface area contributed by atoms with E-state index in [-0.39, 0.29) is 23.0 Å². The average molecular weight is 443 g/mol. The molecule has 1 saturated heterocycles. The molecule has 0 unspecified atom stereocenters. The number of ether oxygens (including phenoxy) is 1. The lowest BCUT2D eigenvalue weighted by molar-refractivity contribution is -0.135. The van der Waals surface area contributed by atoms with Gasteiger partial charge in [0.05, 0.1) is 10.5 Å². The SMILES string of the molecule is O=C(OCC(=O)N1CCCCC1)c1ccc(S(=O)(=O)N2CCc3ccccc3C2)cc1. The number of carbonyl (C=O) groups is 2. The fourth-order valence-electron chi connectivity index (χ4n) is 4.03. The van der Waals surface area contributed by atoms with Gasteiger partial charge in [-0.25, -0.2) is 13.2 Å². The second kappa shape index (κ2) is 9.20. The van der Waals surface area contributed by atoms with Gasteiger partial charge in [-0.3, -0.25) is 4.79 Å². The Kier molecular flexibility index (Phi) is 6.38. The minimum atomic E-state index is -3.67. The first-order valence-corrected chi connectivity index (χ1v) is 12.0. The van der Waals surface area contributed by atoms with Gasteiger partial charge >= 0.3 is 5.97 Å². The Balaban J connectivity index is 1.38. The molecule has 2 aromatic rings. The van der Waals surface area contributed by atoms with Gasteiger partial charge in [-0.15, -0.1) is 0 Å². The summed E-state index contributed by atoms with van der Waals surface area (Å²) < 4.78 is 32.6. The molecule has 164 valence electrons. The number of likely N-dealkylation sites (tertiary alicyclic amines) is 1. The Morgan fingerprint density at radius 2 is 1.55 bits per heavy atom. The fraction of sp³-hybridized carbons (Fsp3) is 0.391. The molecule has 2 heterocycles. The number of piperidine rings is 1. The van der Waals surface area contributed by atoms with Crippen molar-refractivity contribution in [3.05, 3.63) is 65.2 Å². The van der Waals surface area contributed by atoms with Gasteiger partial charge in [-0.2, -0.15) is 4.31 Å². The third-order valence-electron chi connectivity index (χ3n) is 5.86. The highest BCUT2D eigenvalue weighted by Gasteiger charge is 2.28. The highest BCUT2D eigenvalue weighted by atomic mass is 32.2. The summed E-state index contributed by atoms with van der Waals surface area (Å²) in [4.78, 5) is 26.3. The van der Waals surface area contributed by atoms with E-state index >= 15 is 0 Å². The second-order valence-corrected chi connectivity index (χ2v) is 9.84. The molecule has 0 atom stereocenters. The van der Waals surface area contributed by atoms with Crippen LogP contribution in [0.2, 0.25) is 0 Å². The average Bonchev–Trinajstić information content (AvgIpc) is 2.82. The van der Waals surface area contributed by atoms with E-state index in [0.29, 0.717) is 32.6 Å². The van der Waals surface area contributed by atoms with E-state index < -0.39 is 16.0 Å². The van der Waals surface area contributed by atoms with Crippen LogP contribution >= 0.6 is 0 Å². The molecule has 0 spiro atoms. The zero-order valence-corrected chi connectivity index (χ0v) is 18.1. The van der Waals surface area contributed by atoms with E-state index in [9.17, 15) is 18.0 Å². The van der Waals surface area contributed by atoms with Crippen molar-refractivity contribution < 1.29 is 22.7 Å². The van der Waals surface area contributed by atoms with Crippen molar-refractivity contribution in [1.29, 1.82) is 0 Å². The number of esters is 1. The number of carbonyl (C=O) groups excluding carboxylic acids is 2. The number of hydrogen-bond acceptors (Lipinski definition) is 5. The summed E-state index contributed by atoms with van der Waals surface area (Å²) in [5.74, 6) is -0.834. The summed E-state index contributed by atoms with van der Waals surface area (Å²) in [5, 5.41) is 0. The largest absolute Gasteiger partial charge is 0.452 e. The Labute approximate surface area is 182 Å². The number of nitrogens with zero attached hydrogens (tertiary/aromatic N) is 2. The van der Waals surface area contributed by atoms with Gasteiger partial charge in [0.1, 0.15) is 0 Å². The molecule has 0 aliphatic carbocycles. The fourth-order valence-corrected chi connectivity index (χ4v) is 5.45. The number of fused-ring (bicyclic) bond motifs is 1. The maximum absolute atomic E-state index is 13.0. The maximum atomic E-state index is 13.0. The summed E-state index contributed by atoms with van der Waals surface area (Å²) in [5.41, 5.74) is 2.40. The third-order valence-corrected chi connectivity index (χ3v) is 7.72. The van der Waals surface area contributed by atoms with Crippen LogP contribution in [0.15, 0.2) is 53.4 Å². The van der Waals surface area contributed by atoms with Crippen LogP contribution in [0.1, 0.15) is 40.7 Å². The van der Waals surface area contributed by atoms with Crippen molar-refractivity contribution in [2.75, 3.05) is 26.2 Å². The molecule has 4 rings (SSSR count). The quantitative estimate of drug-likeness (QED) is 0.665. The van der Waals surface area contributed by atoms with Crippen LogP contribution < -0.4 is 0 Å². The minimum Gasteiger partial charge on any atom is -0.452 e. The van der Waals surface area contributed by atoms with Crippen LogP contribution in [0.25, 0.3) is 0 Å². The second-order valence-electron chi connectivity index (χ2n) is 7.90. The number of amides is 1. The molecular formula is C23H26N2O5S. The first kappa shape index (κ1) is 21.5. The molecule has 0 radical (unpaired) electrons. The van der Waals surface area contributed by atoms with Gasteiger partial charge < -0.3 is 9.64 Å². The smallest absolute Gasteiger partial charge is 0.338 e. The molecule has 1 amide bonds. The molecule has 2 aromatic carbocycles. The normalized spacial score (nSPS) is 17.1. The van der Waals surface area contributed by atoms with Crippen LogP contribution in [0, 0.1) is 0 Å². The van der Waals surface area contributed by atoms with E-state index in [4.69, 9.17) is 4.74 Å². The number of rotatable bonds is 5. The Bertz CT molecular complexity index is 1060. The Morgan fingerprint density at radius 1 is 0.871 bits per heavy atom. The minimum absolute atomic E-state index is 0.132. The van der Waals surface area contributed by atoms with E-state index in [2.05, 4.69) is 0 Å². The van der Waals surface area contributed by atoms with Crippen LogP contribution in [0.3, 0.4) is 0 Å². The molecule has 1 fully saturated rings. The summed E-state index contributed by atoms with van der Waals surface area (Å²) >= 11 is 0. The van der Waals surface area contributed by atoms with Gasteiger partial charge in [0, 0.05) is 26.2 Å². The van der Waals surface area contributed by atoms with Gasteiger partial charge in [-0.1, -0.05) is 24.3 Å². The lowest BCUT2D eigenvalue weighted by Crippen LogP contribution is -2.38. The van der Waals surface area contributed by atoms with Crippen LogP contribution in [-0.4, -0.2) is 55.7 Å². The van der Waals surface area contributed by atoms with Gasteiger partial charge in [0.2, 0.25) is 10.0 Å². The summed E-state index contributed by atoms with van der Waals surface area (Å²) in [6, 6.07) is 13.5. The van der Waals surface area contributed by atoms with Gasteiger partial charge in [0.25, 0.3) is 5.91 Å². The predicted octanol–water partition coefficient (Wildman–Crippen LogP) is 2.60. The van der Waals surface area contributed by atoms with Crippen molar-refractivity contribution in [1.82, 2.24) is 9.21 Å².